The van der Waals surface area contributed by atoms with Gasteiger partial charge in [-0.05, 0) is 38.5 Å². The van der Waals surface area contributed by atoms with Gasteiger partial charge < -0.3 is 64.2 Å². The first-order chi connectivity index (χ1) is 34.0. The predicted octanol–water partition coefficient (Wildman–Crippen LogP) is 8.94. The van der Waals surface area contributed by atoms with Crippen molar-refractivity contribution in [1.82, 2.24) is 0 Å². The van der Waals surface area contributed by atoms with Gasteiger partial charge in [-0.25, -0.2) is 0 Å². The Kier molecular flexibility index (Phi) is 39.1. The molecule has 412 valence electrons. The van der Waals surface area contributed by atoms with Crippen molar-refractivity contribution < 1.29 is 73.8 Å². The Morgan fingerprint density at radius 3 is 1.26 bits per heavy atom. The monoisotopic (exact) mass is 1000 g/mol. The zero-order valence-corrected chi connectivity index (χ0v) is 43.8. The van der Waals surface area contributed by atoms with Crippen LogP contribution in [0.3, 0.4) is 0 Å². The van der Waals surface area contributed by atoms with Gasteiger partial charge in [0.25, 0.3) is 0 Å². The number of hydrogen-bond acceptors (Lipinski definition) is 15. The van der Waals surface area contributed by atoms with Crippen molar-refractivity contribution in [3.63, 3.8) is 0 Å². The third-order valence-corrected chi connectivity index (χ3v) is 13.7. The van der Waals surface area contributed by atoms with Gasteiger partial charge in [0.15, 0.2) is 18.7 Å². The number of carbonyl (C=O) groups is 2. The molecule has 2 heterocycles. The number of allylic oxidation sites excluding steroid dienone is 2. The molecule has 7 N–H and O–H groups in total. The van der Waals surface area contributed by atoms with Gasteiger partial charge in [-0.3, -0.25) is 9.59 Å². The van der Waals surface area contributed by atoms with Gasteiger partial charge in [0.2, 0.25) is 0 Å². The molecule has 2 saturated heterocycles. The third-order valence-electron chi connectivity index (χ3n) is 13.7. The van der Waals surface area contributed by atoms with Gasteiger partial charge in [0.05, 0.1) is 19.8 Å². The number of aliphatic hydroxyl groups is 7. The largest absolute Gasteiger partial charge is 0.462 e. The summed E-state index contributed by atoms with van der Waals surface area (Å²) in [6.45, 7) is 2.63. The Morgan fingerprint density at radius 1 is 0.443 bits per heavy atom. The average Bonchev–Trinajstić information content (AvgIpc) is 3.35. The fourth-order valence-corrected chi connectivity index (χ4v) is 9.10. The second-order valence-corrected chi connectivity index (χ2v) is 20.1. The van der Waals surface area contributed by atoms with E-state index in [-0.39, 0.29) is 26.1 Å². The molecule has 11 atom stereocenters. The van der Waals surface area contributed by atoms with E-state index in [0.717, 1.165) is 44.9 Å². The first-order valence-electron chi connectivity index (χ1n) is 28.3. The highest BCUT2D eigenvalue weighted by molar-refractivity contribution is 5.70. The van der Waals surface area contributed by atoms with E-state index in [2.05, 4.69) is 26.0 Å². The molecule has 0 aromatic carbocycles. The van der Waals surface area contributed by atoms with Gasteiger partial charge in [-0.15, -0.1) is 0 Å². The molecular weight excluding hydrogens is 901 g/mol. The molecule has 0 saturated carbocycles. The van der Waals surface area contributed by atoms with Crippen molar-refractivity contribution in [1.29, 1.82) is 0 Å². The molecule has 0 amide bonds. The minimum Gasteiger partial charge on any atom is -0.462 e. The Hall–Kier alpha value is -1.76. The van der Waals surface area contributed by atoms with Crippen LogP contribution in [0, 0.1) is 0 Å². The molecular formula is C55H102O15. The highest BCUT2D eigenvalue weighted by atomic mass is 16.7. The van der Waals surface area contributed by atoms with Gasteiger partial charge in [0, 0.05) is 12.8 Å². The molecule has 0 radical (unpaired) electrons. The summed E-state index contributed by atoms with van der Waals surface area (Å²) in [6, 6.07) is 0. The summed E-state index contributed by atoms with van der Waals surface area (Å²) in [6.07, 6.45) is 26.6. The highest BCUT2D eigenvalue weighted by Gasteiger charge is 2.47. The number of unbranched alkanes of at least 4 members (excludes halogenated alkanes) is 29. The number of esters is 2. The number of hydrogen-bond donors (Lipinski definition) is 7. The minimum atomic E-state index is -1.76. The summed E-state index contributed by atoms with van der Waals surface area (Å²) in [5, 5.41) is 72.2. The molecule has 2 fully saturated rings. The van der Waals surface area contributed by atoms with Gasteiger partial charge >= 0.3 is 11.9 Å². The molecule has 2 aliphatic heterocycles. The van der Waals surface area contributed by atoms with Crippen molar-refractivity contribution in [3.8, 4) is 0 Å². The number of carbonyl (C=O) groups excluding carboxylic acids is 2. The normalized spacial score (nSPS) is 25.4. The van der Waals surface area contributed by atoms with E-state index < -0.39 is 92.7 Å². The molecule has 0 aromatic rings. The maximum atomic E-state index is 13.0. The number of ether oxygens (including phenoxy) is 6. The van der Waals surface area contributed by atoms with Crippen LogP contribution in [-0.4, -0.2) is 142 Å². The zero-order chi connectivity index (χ0) is 51.0. The Balaban J connectivity index is 1.77. The summed E-state index contributed by atoms with van der Waals surface area (Å²) in [7, 11) is 0. The molecule has 15 heteroatoms. The smallest absolute Gasteiger partial charge is 0.306 e. The van der Waals surface area contributed by atoms with Crippen molar-refractivity contribution in [2.24, 2.45) is 0 Å². The van der Waals surface area contributed by atoms with Crippen LogP contribution in [0.2, 0.25) is 0 Å². The summed E-state index contributed by atoms with van der Waals surface area (Å²) < 4.78 is 33.7. The topological polar surface area (TPSA) is 231 Å². The Bertz CT molecular complexity index is 1270. The van der Waals surface area contributed by atoms with E-state index in [4.69, 9.17) is 28.4 Å². The maximum Gasteiger partial charge on any atom is 0.306 e. The molecule has 70 heavy (non-hydrogen) atoms. The van der Waals surface area contributed by atoms with Gasteiger partial charge in [-0.1, -0.05) is 193 Å². The molecule has 0 aliphatic carbocycles. The average molecular weight is 1000 g/mol. The summed E-state index contributed by atoms with van der Waals surface area (Å²) in [5.41, 5.74) is 0. The van der Waals surface area contributed by atoms with E-state index in [0.29, 0.717) is 12.8 Å². The fraction of sp³-hybridized carbons (Fsp3) is 0.927. The second-order valence-electron chi connectivity index (χ2n) is 20.1. The lowest BCUT2D eigenvalue weighted by Crippen LogP contribution is -2.61. The van der Waals surface area contributed by atoms with Crippen molar-refractivity contribution >= 4 is 11.9 Å². The lowest BCUT2D eigenvalue weighted by atomic mass is 9.98. The van der Waals surface area contributed by atoms with Crippen molar-refractivity contribution in [3.05, 3.63) is 12.2 Å². The minimum absolute atomic E-state index is 0.170. The fourth-order valence-electron chi connectivity index (χ4n) is 9.10. The van der Waals surface area contributed by atoms with E-state index in [1.54, 1.807) is 0 Å². The maximum absolute atomic E-state index is 13.0. The molecule has 0 bridgehead atoms. The first kappa shape index (κ1) is 64.4. The Labute approximate surface area is 422 Å². The molecule has 2 rings (SSSR count). The lowest BCUT2D eigenvalue weighted by Gasteiger charge is -2.42. The van der Waals surface area contributed by atoms with Crippen LogP contribution < -0.4 is 0 Å². The third kappa shape index (κ3) is 29.8. The van der Waals surface area contributed by atoms with E-state index >= 15 is 0 Å². The molecule has 4 unspecified atom stereocenters. The summed E-state index contributed by atoms with van der Waals surface area (Å²) in [4.78, 5) is 25.8. The van der Waals surface area contributed by atoms with Gasteiger partial charge in [-0.2, -0.15) is 0 Å². The first-order valence-corrected chi connectivity index (χ1v) is 28.3. The van der Waals surface area contributed by atoms with Crippen LogP contribution >= 0.6 is 0 Å². The Morgan fingerprint density at radius 2 is 0.814 bits per heavy atom. The molecule has 2 aliphatic rings. The van der Waals surface area contributed by atoms with Crippen LogP contribution in [0.25, 0.3) is 0 Å². The van der Waals surface area contributed by atoms with E-state index in [9.17, 15) is 45.3 Å². The molecule has 0 aromatic heterocycles. The van der Waals surface area contributed by atoms with Crippen LogP contribution in [-0.2, 0) is 38.0 Å². The SMILES string of the molecule is CCCCCCCC/C=C/CCCCCCCCCC(=O)OC[C@@H](CO[C@@H]1O[C@H](CO[C@@H]2O[C@H](CO)[C@H](O)C(O)C2O)[C@H](O)C(O)C1O)OC(=O)CCCCCCCCCCCCCCCCCCC. The summed E-state index contributed by atoms with van der Waals surface area (Å²) in [5.74, 6) is -0.916. The number of rotatable bonds is 45. The van der Waals surface area contributed by atoms with Gasteiger partial charge in [0.1, 0.15) is 55.4 Å². The zero-order valence-electron chi connectivity index (χ0n) is 43.8. The standard InChI is InChI=1S/C55H102O15/c1-3-5-7-9-11-13-15-17-19-21-23-25-27-29-31-33-35-37-46(57)65-40-43(68-47(58)38-36-34-32-30-28-26-24-22-20-18-16-14-12-10-8-6-4-2)41-66-54-53(64)51(62)49(60)45(70-54)42-67-55-52(63)50(61)48(59)44(39-56)69-55/h17,19,43-45,48-56,59-64H,3-16,18,20-42H2,1-2H3/b19-17+/t43-,44+,45+,48-,49-,50?,51?,52?,53?,54+,55+/m0/s1. The lowest BCUT2D eigenvalue weighted by molar-refractivity contribution is -0.332. The molecule has 15 nitrogen and oxygen atoms in total. The van der Waals surface area contributed by atoms with E-state index in [1.807, 2.05) is 0 Å². The van der Waals surface area contributed by atoms with E-state index in [1.165, 1.54) is 148 Å². The second kappa shape index (κ2) is 42.6. The van der Waals surface area contributed by atoms with Crippen LogP contribution in [0.1, 0.15) is 232 Å². The number of aliphatic hydroxyl groups excluding tert-OH is 7. The molecule has 0 spiro atoms. The quantitative estimate of drug-likeness (QED) is 0.0172. The van der Waals surface area contributed by atoms with Crippen molar-refractivity contribution in [2.45, 2.75) is 300 Å². The van der Waals surface area contributed by atoms with Crippen LogP contribution in [0.5, 0.6) is 0 Å². The van der Waals surface area contributed by atoms with Crippen LogP contribution in [0.15, 0.2) is 12.2 Å². The summed E-state index contributed by atoms with van der Waals surface area (Å²) >= 11 is 0. The highest BCUT2D eigenvalue weighted by Crippen LogP contribution is 2.27. The van der Waals surface area contributed by atoms with Crippen LogP contribution in [0.4, 0.5) is 0 Å². The van der Waals surface area contributed by atoms with Crippen molar-refractivity contribution in [2.75, 3.05) is 26.4 Å². The predicted molar refractivity (Wildman–Crippen MR) is 271 cm³/mol.